The highest BCUT2D eigenvalue weighted by atomic mass is 35.5. The van der Waals surface area contributed by atoms with E-state index < -0.39 is 0 Å². The van der Waals surface area contributed by atoms with Crippen LogP contribution < -0.4 is 10.2 Å². The van der Waals surface area contributed by atoms with Gasteiger partial charge in [0.15, 0.2) is 0 Å². The number of carbonyl (C=O) groups excluding carboxylic acids is 1. The highest BCUT2D eigenvalue weighted by molar-refractivity contribution is 8.00. The molecule has 0 radical (unpaired) electrons. The fourth-order valence-corrected chi connectivity index (χ4v) is 3.10. The summed E-state index contributed by atoms with van der Waals surface area (Å²) in [5.41, 5.74) is 4.52. The molecule has 0 fully saturated rings. The van der Waals surface area contributed by atoms with Crippen molar-refractivity contribution in [1.29, 1.82) is 0 Å². The molecular weight excluding hydrogens is 392 g/mol. The van der Waals surface area contributed by atoms with Gasteiger partial charge in [-0.25, -0.2) is 5.43 Å². The number of ether oxygens (including phenoxy) is 1. The summed E-state index contributed by atoms with van der Waals surface area (Å²) in [4.78, 5) is 12.8. The number of rotatable bonds is 8. The molecule has 0 saturated heterocycles. The van der Waals surface area contributed by atoms with Crippen molar-refractivity contribution >= 4 is 35.5 Å². The first-order valence-electron chi connectivity index (χ1n) is 8.66. The van der Waals surface area contributed by atoms with Gasteiger partial charge in [0.1, 0.15) is 12.4 Å². The van der Waals surface area contributed by atoms with Crippen LogP contribution in [-0.2, 0) is 11.4 Å². The first-order chi connectivity index (χ1) is 13.7. The van der Waals surface area contributed by atoms with Crippen LogP contribution in [0.5, 0.6) is 5.75 Å². The molecule has 6 heteroatoms. The molecule has 0 aliphatic carbocycles. The predicted molar refractivity (Wildman–Crippen MR) is 115 cm³/mol. The Balaban J connectivity index is 1.41. The fourth-order valence-electron chi connectivity index (χ4n) is 2.28. The summed E-state index contributed by atoms with van der Waals surface area (Å²) in [6.45, 7) is 0.523. The van der Waals surface area contributed by atoms with E-state index in [0.29, 0.717) is 11.6 Å². The van der Waals surface area contributed by atoms with E-state index in [1.807, 2.05) is 66.7 Å². The van der Waals surface area contributed by atoms with E-state index in [4.69, 9.17) is 16.3 Å². The van der Waals surface area contributed by atoms with Crippen molar-refractivity contribution < 1.29 is 9.53 Å². The Morgan fingerprint density at radius 1 is 1.00 bits per heavy atom. The molecule has 0 atom stereocenters. The second kappa shape index (κ2) is 10.5. The highest BCUT2D eigenvalue weighted by Gasteiger charge is 2.02. The van der Waals surface area contributed by atoms with Crippen molar-refractivity contribution in [3.63, 3.8) is 0 Å². The number of hydrogen-bond donors (Lipinski definition) is 1. The molecule has 3 aromatic carbocycles. The number of thioether (sulfide) groups is 1. The van der Waals surface area contributed by atoms with E-state index in [9.17, 15) is 4.79 Å². The Bertz CT molecular complexity index is 914. The van der Waals surface area contributed by atoms with Crippen molar-refractivity contribution in [2.75, 3.05) is 5.75 Å². The average Bonchev–Trinajstić information content (AvgIpc) is 2.73. The van der Waals surface area contributed by atoms with E-state index in [-0.39, 0.29) is 11.7 Å². The lowest BCUT2D eigenvalue weighted by Crippen LogP contribution is -2.19. The van der Waals surface area contributed by atoms with E-state index in [1.54, 1.807) is 18.3 Å². The number of carbonyl (C=O) groups is 1. The molecule has 142 valence electrons. The van der Waals surface area contributed by atoms with E-state index in [2.05, 4.69) is 10.5 Å². The molecule has 0 bridgehead atoms. The molecule has 0 unspecified atom stereocenters. The number of amides is 1. The predicted octanol–water partition coefficient (Wildman–Crippen LogP) is 5.16. The quantitative estimate of drug-likeness (QED) is 0.317. The zero-order valence-electron chi connectivity index (χ0n) is 15.0. The summed E-state index contributed by atoms with van der Waals surface area (Å²) in [5.74, 6) is 0.897. The molecular formula is C22H19ClN2O2S. The second-order valence-electron chi connectivity index (χ2n) is 5.88. The summed E-state index contributed by atoms with van der Waals surface area (Å²) in [5, 5.41) is 4.67. The Kier molecular flexibility index (Phi) is 7.53. The van der Waals surface area contributed by atoms with Crippen LogP contribution in [0.3, 0.4) is 0 Å². The zero-order chi connectivity index (χ0) is 19.6. The Morgan fingerprint density at radius 2 is 1.71 bits per heavy atom. The van der Waals surface area contributed by atoms with Crippen LogP contribution in [0.15, 0.2) is 88.9 Å². The van der Waals surface area contributed by atoms with Crippen molar-refractivity contribution in [3.8, 4) is 5.75 Å². The highest BCUT2D eigenvalue weighted by Crippen LogP contribution is 2.20. The van der Waals surface area contributed by atoms with Gasteiger partial charge in [0.2, 0.25) is 5.91 Å². The molecule has 0 aliphatic heterocycles. The lowest BCUT2D eigenvalue weighted by molar-refractivity contribution is -0.118. The van der Waals surface area contributed by atoms with Crippen molar-refractivity contribution in [1.82, 2.24) is 5.43 Å². The number of hydrogen-bond acceptors (Lipinski definition) is 4. The number of nitrogens with zero attached hydrogens (tertiary/aromatic N) is 1. The number of halogens is 1. The van der Waals surface area contributed by atoms with Crippen LogP contribution in [0.1, 0.15) is 11.1 Å². The van der Waals surface area contributed by atoms with Gasteiger partial charge >= 0.3 is 0 Å². The summed E-state index contributed by atoms with van der Waals surface area (Å²) in [6, 6.07) is 24.9. The van der Waals surface area contributed by atoms with Crippen LogP contribution >= 0.6 is 23.4 Å². The van der Waals surface area contributed by atoms with Gasteiger partial charge in [-0.1, -0.05) is 41.9 Å². The Hall–Kier alpha value is -2.76. The third-order valence-electron chi connectivity index (χ3n) is 3.71. The van der Waals surface area contributed by atoms with Crippen LogP contribution in [0, 0.1) is 0 Å². The van der Waals surface area contributed by atoms with Gasteiger partial charge < -0.3 is 4.74 Å². The smallest absolute Gasteiger partial charge is 0.250 e. The maximum atomic E-state index is 11.9. The van der Waals surface area contributed by atoms with Crippen LogP contribution in [-0.4, -0.2) is 17.9 Å². The van der Waals surface area contributed by atoms with Crippen LogP contribution in [0.4, 0.5) is 0 Å². The van der Waals surface area contributed by atoms with E-state index in [1.165, 1.54) is 11.8 Å². The van der Waals surface area contributed by atoms with Crippen molar-refractivity contribution in [2.24, 2.45) is 5.10 Å². The summed E-state index contributed by atoms with van der Waals surface area (Å²) >= 11 is 7.27. The van der Waals surface area contributed by atoms with Crippen LogP contribution in [0.25, 0.3) is 0 Å². The lowest BCUT2D eigenvalue weighted by atomic mass is 10.2. The molecule has 3 rings (SSSR count). The third-order valence-corrected chi connectivity index (χ3v) is 4.98. The Morgan fingerprint density at radius 3 is 2.43 bits per heavy atom. The van der Waals surface area contributed by atoms with Gasteiger partial charge in [0.25, 0.3) is 0 Å². The van der Waals surface area contributed by atoms with Crippen molar-refractivity contribution in [2.45, 2.75) is 11.5 Å². The van der Waals surface area contributed by atoms with Gasteiger partial charge in [-0.3, -0.25) is 4.79 Å². The normalized spacial score (nSPS) is 10.8. The van der Waals surface area contributed by atoms with Gasteiger partial charge in [-0.2, -0.15) is 5.10 Å². The van der Waals surface area contributed by atoms with Gasteiger partial charge in [0, 0.05) is 9.92 Å². The minimum atomic E-state index is -0.168. The molecule has 1 N–H and O–H groups in total. The molecule has 0 aromatic heterocycles. The summed E-state index contributed by atoms with van der Waals surface area (Å²) in [7, 11) is 0. The first kappa shape index (κ1) is 20.0. The number of benzene rings is 3. The van der Waals surface area contributed by atoms with Gasteiger partial charge in [0.05, 0.1) is 12.0 Å². The van der Waals surface area contributed by atoms with E-state index in [0.717, 1.165) is 21.8 Å². The fraction of sp³-hybridized carbons (Fsp3) is 0.0909. The van der Waals surface area contributed by atoms with E-state index >= 15 is 0 Å². The summed E-state index contributed by atoms with van der Waals surface area (Å²) in [6.07, 6.45) is 1.60. The van der Waals surface area contributed by atoms with Crippen molar-refractivity contribution in [3.05, 3.63) is 95.0 Å². The molecule has 0 heterocycles. The third kappa shape index (κ3) is 6.76. The number of hydrazone groups is 1. The topological polar surface area (TPSA) is 50.7 Å². The second-order valence-corrected chi connectivity index (χ2v) is 7.36. The monoisotopic (exact) mass is 410 g/mol. The first-order valence-corrected chi connectivity index (χ1v) is 10.0. The standard InChI is InChI=1S/C22H19ClN2O2S/c23-19-8-12-21(13-9-19)28-16-22(26)25-24-14-17-6-10-20(11-7-17)27-15-18-4-2-1-3-5-18/h1-14H,15-16H2,(H,25,26)/b24-14-. The maximum Gasteiger partial charge on any atom is 0.250 e. The van der Waals surface area contributed by atoms with Gasteiger partial charge in [-0.05, 0) is 59.7 Å². The number of nitrogens with one attached hydrogen (secondary N) is 1. The molecule has 0 aliphatic rings. The molecule has 0 saturated carbocycles. The molecule has 3 aromatic rings. The summed E-state index contributed by atoms with van der Waals surface area (Å²) < 4.78 is 5.75. The minimum absolute atomic E-state index is 0.168. The lowest BCUT2D eigenvalue weighted by Gasteiger charge is -2.06. The minimum Gasteiger partial charge on any atom is -0.489 e. The molecule has 4 nitrogen and oxygen atoms in total. The zero-order valence-corrected chi connectivity index (χ0v) is 16.6. The molecule has 0 spiro atoms. The van der Waals surface area contributed by atoms with Gasteiger partial charge in [-0.15, -0.1) is 11.8 Å². The maximum absolute atomic E-state index is 11.9. The molecule has 1 amide bonds. The average molecular weight is 411 g/mol. The SMILES string of the molecule is O=C(CSc1ccc(Cl)cc1)N/N=C\c1ccc(OCc2ccccc2)cc1. The molecule has 28 heavy (non-hydrogen) atoms. The largest absolute Gasteiger partial charge is 0.489 e. The van der Waals surface area contributed by atoms with Crippen LogP contribution in [0.2, 0.25) is 5.02 Å². The Labute approximate surface area is 173 Å².